The van der Waals surface area contributed by atoms with Crippen molar-refractivity contribution in [1.29, 1.82) is 0 Å². The zero-order valence-corrected chi connectivity index (χ0v) is 14.0. The van der Waals surface area contributed by atoms with E-state index >= 15 is 0 Å². The Morgan fingerprint density at radius 3 is 2.83 bits per heavy atom. The molecular weight excluding hydrogens is 329 g/mol. The van der Waals surface area contributed by atoms with Crippen molar-refractivity contribution in [2.45, 2.75) is 13.0 Å². The van der Waals surface area contributed by atoms with Gasteiger partial charge in [0.25, 0.3) is 6.35 Å². The molecule has 1 aromatic carbocycles. The zero-order valence-electron chi connectivity index (χ0n) is 13.1. The van der Waals surface area contributed by atoms with Crippen LogP contribution in [-0.2, 0) is 9.30 Å². The summed E-state index contributed by atoms with van der Waals surface area (Å²) in [6, 6.07) is 8.95. The smallest absolute Gasteiger partial charge is 0.382 e. The van der Waals surface area contributed by atoms with Crippen LogP contribution in [0.1, 0.15) is 13.0 Å². The van der Waals surface area contributed by atoms with Gasteiger partial charge in [0.2, 0.25) is 0 Å². The molecule has 2 atom stereocenters. The molecule has 0 spiro atoms. The van der Waals surface area contributed by atoms with E-state index in [2.05, 4.69) is 15.0 Å². The van der Waals surface area contributed by atoms with Gasteiger partial charge in [-0.2, -0.15) is 0 Å². The first-order chi connectivity index (χ1) is 11.6. The summed E-state index contributed by atoms with van der Waals surface area (Å²) in [5, 5.41) is 0. The van der Waals surface area contributed by atoms with Crippen LogP contribution in [0.15, 0.2) is 43.0 Å². The first-order valence-electron chi connectivity index (χ1n) is 7.33. The molecule has 0 amide bonds. The average Bonchev–Trinajstić information content (AvgIpc) is 3.01. The molecule has 0 radical (unpaired) electrons. The van der Waals surface area contributed by atoms with Gasteiger partial charge in [-0.3, -0.25) is 4.52 Å². The third-order valence-electron chi connectivity index (χ3n) is 3.37. The van der Waals surface area contributed by atoms with Gasteiger partial charge in [0.15, 0.2) is 17.2 Å². The van der Waals surface area contributed by atoms with Crippen LogP contribution >= 0.6 is 8.03 Å². The summed E-state index contributed by atoms with van der Waals surface area (Å²) >= 11 is 0. The predicted octanol–water partition coefficient (Wildman–Crippen LogP) is 2.76. The second kappa shape index (κ2) is 7.33. The summed E-state index contributed by atoms with van der Waals surface area (Å²) in [5.74, 6) is 0.897. The standard InChI is InChI=1S/C15H17N5O3P/c1-11(20-9-19-13-14(16)17-8-18-15(13)20)7-22-10-24(21)23-12-5-3-2-4-6-12/h2-6,8-9,11H,7,10H2,1H3,(H2,16,17,18)/q+1/t11-/m1/s1. The highest BCUT2D eigenvalue weighted by molar-refractivity contribution is 7.39. The van der Waals surface area contributed by atoms with Crippen molar-refractivity contribution in [2.75, 3.05) is 18.7 Å². The lowest BCUT2D eigenvalue weighted by Gasteiger charge is -2.12. The van der Waals surface area contributed by atoms with Crippen molar-refractivity contribution in [3.05, 3.63) is 43.0 Å². The van der Waals surface area contributed by atoms with E-state index in [9.17, 15) is 4.57 Å². The number of anilines is 1. The Morgan fingerprint density at radius 2 is 2.04 bits per heavy atom. The number of fused-ring (bicyclic) bond motifs is 1. The summed E-state index contributed by atoms with van der Waals surface area (Å²) in [6.07, 6.45) is 3.05. The minimum atomic E-state index is -1.93. The van der Waals surface area contributed by atoms with Crippen LogP contribution in [0.5, 0.6) is 5.75 Å². The molecule has 0 saturated heterocycles. The van der Waals surface area contributed by atoms with Crippen LogP contribution < -0.4 is 10.3 Å². The highest BCUT2D eigenvalue weighted by Crippen LogP contribution is 2.27. The van der Waals surface area contributed by atoms with Gasteiger partial charge in [-0.05, 0) is 23.6 Å². The molecular formula is C15H17N5O3P+. The molecule has 9 heteroatoms. The molecule has 3 rings (SSSR count). The van der Waals surface area contributed by atoms with Crippen LogP contribution in [0.2, 0.25) is 0 Å². The lowest BCUT2D eigenvalue weighted by Crippen LogP contribution is -2.12. The number of imidazole rings is 1. The molecule has 0 aliphatic heterocycles. The molecule has 0 saturated carbocycles. The van der Waals surface area contributed by atoms with Crippen molar-refractivity contribution < 1.29 is 13.8 Å². The molecule has 3 aromatic rings. The first-order valence-corrected chi connectivity index (χ1v) is 8.70. The van der Waals surface area contributed by atoms with Gasteiger partial charge in [0.05, 0.1) is 19.0 Å². The molecule has 124 valence electrons. The van der Waals surface area contributed by atoms with Gasteiger partial charge in [0, 0.05) is 0 Å². The molecule has 0 aliphatic rings. The number of rotatable bonds is 7. The maximum atomic E-state index is 11.9. The Bertz CT molecular complexity index is 840. The SMILES string of the molecule is C[C@H](COC[P+](=O)Oc1ccccc1)n1cnc2c(N)ncnc21. The first kappa shape index (κ1) is 16.3. The molecule has 24 heavy (non-hydrogen) atoms. The topological polar surface area (TPSA) is 105 Å². The lowest BCUT2D eigenvalue weighted by atomic mass is 10.3. The van der Waals surface area contributed by atoms with Crippen molar-refractivity contribution in [2.24, 2.45) is 0 Å². The van der Waals surface area contributed by atoms with Crippen LogP contribution in [-0.4, -0.2) is 32.5 Å². The Labute approximate surface area is 139 Å². The Balaban J connectivity index is 1.54. The molecule has 0 aliphatic carbocycles. The number of nitrogen functional groups attached to an aromatic ring is 1. The van der Waals surface area contributed by atoms with Crippen LogP contribution in [0.25, 0.3) is 11.2 Å². The normalized spacial score (nSPS) is 13.0. The fourth-order valence-electron chi connectivity index (χ4n) is 2.20. The van der Waals surface area contributed by atoms with E-state index < -0.39 is 8.03 Å². The summed E-state index contributed by atoms with van der Waals surface area (Å²) in [7, 11) is -1.93. The van der Waals surface area contributed by atoms with E-state index in [0.29, 0.717) is 29.3 Å². The summed E-state index contributed by atoms with van der Waals surface area (Å²) in [4.78, 5) is 12.3. The van der Waals surface area contributed by atoms with Crippen molar-refractivity contribution in [1.82, 2.24) is 19.5 Å². The quantitative estimate of drug-likeness (QED) is 0.656. The van der Waals surface area contributed by atoms with E-state index in [1.807, 2.05) is 29.7 Å². The maximum Gasteiger partial charge on any atom is 0.585 e. The van der Waals surface area contributed by atoms with Gasteiger partial charge in [-0.25, -0.2) is 15.0 Å². The van der Waals surface area contributed by atoms with E-state index in [1.165, 1.54) is 6.33 Å². The minimum Gasteiger partial charge on any atom is -0.382 e. The average molecular weight is 346 g/mol. The zero-order chi connectivity index (χ0) is 16.9. The number of ether oxygens (including phenoxy) is 1. The van der Waals surface area contributed by atoms with Gasteiger partial charge in [0.1, 0.15) is 11.8 Å². The highest BCUT2D eigenvalue weighted by atomic mass is 31.1. The lowest BCUT2D eigenvalue weighted by molar-refractivity contribution is 0.142. The fraction of sp³-hybridized carbons (Fsp3) is 0.267. The Hall–Kier alpha value is -2.57. The summed E-state index contributed by atoms with van der Waals surface area (Å²) < 4.78 is 24.5. The van der Waals surface area contributed by atoms with E-state index in [0.717, 1.165) is 0 Å². The number of nitrogens with two attached hydrogens (primary N) is 1. The molecule has 8 nitrogen and oxygen atoms in total. The third kappa shape index (κ3) is 3.67. The van der Waals surface area contributed by atoms with E-state index in [4.69, 9.17) is 15.0 Å². The van der Waals surface area contributed by atoms with Crippen molar-refractivity contribution in [3.8, 4) is 5.75 Å². The fourth-order valence-corrected chi connectivity index (χ4v) is 2.86. The number of hydrogen-bond acceptors (Lipinski definition) is 7. The number of para-hydroxylation sites is 1. The van der Waals surface area contributed by atoms with Crippen molar-refractivity contribution in [3.63, 3.8) is 0 Å². The third-order valence-corrected chi connectivity index (χ3v) is 4.18. The summed E-state index contributed by atoms with van der Waals surface area (Å²) in [6.45, 7) is 2.29. The van der Waals surface area contributed by atoms with Gasteiger partial charge in [-0.1, -0.05) is 18.2 Å². The molecule has 0 bridgehead atoms. The van der Waals surface area contributed by atoms with Gasteiger partial charge >= 0.3 is 8.03 Å². The molecule has 0 fully saturated rings. The van der Waals surface area contributed by atoms with E-state index in [1.54, 1.807) is 18.5 Å². The maximum absolute atomic E-state index is 11.9. The molecule has 2 aromatic heterocycles. The second-order valence-electron chi connectivity index (χ2n) is 5.17. The van der Waals surface area contributed by atoms with E-state index in [-0.39, 0.29) is 12.4 Å². The van der Waals surface area contributed by atoms with Crippen molar-refractivity contribution >= 4 is 25.0 Å². The molecule has 2 N–H and O–H groups in total. The Kier molecular flexibility index (Phi) is 4.98. The molecule has 2 heterocycles. The van der Waals surface area contributed by atoms with Gasteiger partial charge in [-0.15, -0.1) is 0 Å². The number of benzene rings is 1. The minimum absolute atomic E-state index is 0.0122. The molecule has 1 unspecified atom stereocenters. The largest absolute Gasteiger partial charge is 0.585 e. The monoisotopic (exact) mass is 346 g/mol. The number of aromatic nitrogens is 4. The van der Waals surface area contributed by atoms with Gasteiger partial charge < -0.3 is 15.0 Å². The Morgan fingerprint density at radius 1 is 1.25 bits per heavy atom. The van der Waals surface area contributed by atoms with Crippen LogP contribution in [0, 0.1) is 0 Å². The summed E-state index contributed by atoms with van der Waals surface area (Å²) in [5.41, 5.74) is 6.97. The second-order valence-corrected chi connectivity index (χ2v) is 6.28. The highest BCUT2D eigenvalue weighted by Gasteiger charge is 2.20. The van der Waals surface area contributed by atoms with Crippen LogP contribution in [0.3, 0.4) is 0 Å². The number of hydrogen-bond donors (Lipinski definition) is 1. The predicted molar refractivity (Wildman–Crippen MR) is 89.9 cm³/mol. The van der Waals surface area contributed by atoms with Crippen LogP contribution in [0.4, 0.5) is 5.82 Å². The number of nitrogens with zero attached hydrogens (tertiary/aromatic N) is 4.